The zero-order valence-electron chi connectivity index (χ0n) is 18.7. The number of carbonyl (C=O) groups is 2. The first-order chi connectivity index (χ1) is 16.0. The van der Waals surface area contributed by atoms with Gasteiger partial charge in [0.25, 0.3) is 5.91 Å². The van der Waals surface area contributed by atoms with E-state index in [2.05, 4.69) is 0 Å². The summed E-state index contributed by atoms with van der Waals surface area (Å²) < 4.78 is 32.0. The zero-order chi connectivity index (χ0) is 23.5. The Morgan fingerprint density at radius 1 is 1.27 bits per heavy atom. The summed E-state index contributed by atoms with van der Waals surface area (Å²) in [6.07, 6.45) is 2.96. The molecule has 0 bridgehead atoms. The van der Waals surface area contributed by atoms with Crippen molar-refractivity contribution in [3.63, 3.8) is 0 Å². The lowest BCUT2D eigenvalue weighted by Crippen LogP contribution is -2.31. The number of methoxy groups -OCH3 is 1. The Bertz CT molecular complexity index is 1070. The molecule has 2 unspecified atom stereocenters. The van der Waals surface area contributed by atoms with Gasteiger partial charge in [-0.2, -0.15) is 0 Å². The molecule has 0 saturated heterocycles. The van der Waals surface area contributed by atoms with Crippen molar-refractivity contribution >= 4 is 29.1 Å². The van der Waals surface area contributed by atoms with Gasteiger partial charge in [-0.3, -0.25) is 9.59 Å². The van der Waals surface area contributed by atoms with E-state index in [0.717, 1.165) is 30.4 Å². The lowest BCUT2D eigenvalue weighted by molar-refractivity contribution is -0.107. The Balaban J connectivity index is 1.71. The summed E-state index contributed by atoms with van der Waals surface area (Å²) in [5, 5.41) is 0. The minimum Gasteiger partial charge on any atom is -0.493 e. The molecule has 1 aliphatic carbocycles. The molecule has 1 heterocycles. The smallest absolute Gasteiger partial charge is 0.257 e. The molecule has 2 amide bonds. The van der Waals surface area contributed by atoms with Crippen LogP contribution in [0.2, 0.25) is 0 Å². The number of amides is 2. The van der Waals surface area contributed by atoms with E-state index in [4.69, 9.17) is 9.47 Å². The van der Waals surface area contributed by atoms with E-state index < -0.39 is 17.1 Å². The number of benzene rings is 2. The zero-order valence-corrected chi connectivity index (χ0v) is 19.5. The predicted octanol–water partition coefficient (Wildman–Crippen LogP) is 3.53. The summed E-state index contributed by atoms with van der Waals surface area (Å²) in [6, 6.07) is 10.7. The Kier molecular flexibility index (Phi) is 6.99. The molecule has 176 valence electrons. The van der Waals surface area contributed by atoms with Crippen LogP contribution in [-0.4, -0.2) is 51.5 Å². The number of rotatable bonds is 11. The second-order valence-corrected chi connectivity index (χ2v) is 9.21. The second-order valence-electron chi connectivity index (χ2n) is 8.16. The molecule has 2 atom stereocenters. The minimum absolute atomic E-state index is 0.0240. The van der Waals surface area contributed by atoms with Crippen molar-refractivity contribution in [3.8, 4) is 11.5 Å². The summed E-state index contributed by atoms with van der Waals surface area (Å²) in [4.78, 5) is 28.8. The third-order valence-corrected chi connectivity index (χ3v) is 6.68. The van der Waals surface area contributed by atoms with E-state index in [0.29, 0.717) is 42.3 Å². The minimum atomic E-state index is -2.00. The van der Waals surface area contributed by atoms with Crippen molar-refractivity contribution in [1.82, 2.24) is 4.90 Å². The van der Waals surface area contributed by atoms with Crippen LogP contribution in [0, 0.1) is 0 Å². The highest BCUT2D eigenvalue weighted by molar-refractivity contribution is 7.79. The summed E-state index contributed by atoms with van der Waals surface area (Å²) >= 11 is -2.00. The van der Waals surface area contributed by atoms with Gasteiger partial charge < -0.3 is 23.8 Å². The largest absolute Gasteiger partial charge is 0.493 e. The second kappa shape index (κ2) is 9.93. The van der Waals surface area contributed by atoms with Crippen molar-refractivity contribution in [1.29, 1.82) is 0 Å². The molecule has 1 N–H and O–H groups in total. The van der Waals surface area contributed by atoms with Crippen molar-refractivity contribution in [2.24, 2.45) is 0 Å². The molecule has 0 aromatic heterocycles. The molecule has 9 heteroatoms. The monoisotopic (exact) mass is 472 g/mol. The van der Waals surface area contributed by atoms with Gasteiger partial charge >= 0.3 is 0 Å². The third-order valence-electron chi connectivity index (χ3n) is 6.09. The Morgan fingerprint density at radius 3 is 2.70 bits per heavy atom. The van der Waals surface area contributed by atoms with Crippen molar-refractivity contribution in [2.45, 2.75) is 44.8 Å². The molecule has 1 fully saturated rings. The first kappa shape index (κ1) is 23.3. The van der Waals surface area contributed by atoms with Crippen LogP contribution in [0.4, 0.5) is 5.69 Å². The average Bonchev–Trinajstić information content (AvgIpc) is 3.58. The van der Waals surface area contributed by atoms with Gasteiger partial charge in [-0.25, -0.2) is 4.21 Å². The van der Waals surface area contributed by atoms with Crippen molar-refractivity contribution < 1.29 is 27.8 Å². The fraction of sp³-hybridized carbons (Fsp3) is 0.417. The van der Waals surface area contributed by atoms with Crippen molar-refractivity contribution in [2.75, 3.05) is 24.4 Å². The molecule has 1 saturated carbocycles. The van der Waals surface area contributed by atoms with E-state index in [1.807, 2.05) is 37.3 Å². The fourth-order valence-corrected chi connectivity index (χ4v) is 4.83. The molecular formula is C24H28N2O6S. The van der Waals surface area contributed by atoms with Crippen LogP contribution in [-0.2, 0) is 22.4 Å². The van der Waals surface area contributed by atoms with E-state index in [1.54, 1.807) is 23.0 Å². The third kappa shape index (κ3) is 4.74. The van der Waals surface area contributed by atoms with Gasteiger partial charge in [0, 0.05) is 12.6 Å². The molecule has 2 aromatic rings. The number of anilines is 1. The first-order valence-corrected chi connectivity index (χ1v) is 12.3. The Morgan fingerprint density at radius 2 is 2.06 bits per heavy atom. The highest BCUT2D eigenvalue weighted by atomic mass is 32.2. The number of hydrogen-bond acceptors (Lipinski definition) is 5. The van der Waals surface area contributed by atoms with E-state index >= 15 is 0 Å². The standard InChI is InChI=1S/C24H28N2O6S/c1-3-32-22-13-16(7-10-21(22)31-2)19(11-12-33(29)30)25-14-17-5-4-6-20(23(17)24(25)28)26(15-27)18-8-9-18/h4-7,10,13,15,18-19H,3,8-9,11-12,14H2,1-2H3,(H,29,30). The molecule has 8 nitrogen and oxygen atoms in total. The lowest BCUT2D eigenvalue weighted by Gasteiger charge is -2.29. The highest BCUT2D eigenvalue weighted by Crippen LogP contribution is 2.41. The number of ether oxygens (including phenoxy) is 2. The molecular weight excluding hydrogens is 444 g/mol. The summed E-state index contributed by atoms with van der Waals surface area (Å²) in [6.45, 7) is 2.68. The Hall–Kier alpha value is -2.91. The van der Waals surface area contributed by atoms with E-state index in [1.165, 1.54) is 0 Å². The topological polar surface area (TPSA) is 96.4 Å². The molecule has 2 aromatic carbocycles. The predicted molar refractivity (Wildman–Crippen MR) is 125 cm³/mol. The first-order valence-electron chi connectivity index (χ1n) is 11.0. The van der Waals surface area contributed by atoms with Gasteiger partial charge in [0.15, 0.2) is 22.6 Å². The van der Waals surface area contributed by atoms with Gasteiger partial charge in [0.1, 0.15) is 0 Å². The molecule has 33 heavy (non-hydrogen) atoms. The fourth-order valence-electron chi connectivity index (χ4n) is 4.41. The number of hydrogen-bond donors (Lipinski definition) is 1. The van der Waals surface area contributed by atoms with Crippen LogP contribution < -0.4 is 14.4 Å². The highest BCUT2D eigenvalue weighted by Gasteiger charge is 2.39. The van der Waals surface area contributed by atoms with Crippen LogP contribution in [0.15, 0.2) is 36.4 Å². The molecule has 0 spiro atoms. The van der Waals surface area contributed by atoms with Crippen LogP contribution in [0.3, 0.4) is 0 Å². The summed E-state index contributed by atoms with van der Waals surface area (Å²) in [5.41, 5.74) is 2.80. The maximum absolute atomic E-state index is 13.7. The van der Waals surface area contributed by atoms with Crippen LogP contribution in [0.1, 0.15) is 53.7 Å². The quantitative estimate of drug-likeness (QED) is 0.397. The summed E-state index contributed by atoms with van der Waals surface area (Å²) in [5.74, 6) is 0.972. The van der Waals surface area contributed by atoms with Crippen LogP contribution in [0.5, 0.6) is 11.5 Å². The molecule has 1 aliphatic heterocycles. The van der Waals surface area contributed by atoms with Gasteiger partial charge in [-0.1, -0.05) is 18.2 Å². The van der Waals surface area contributed by atoms with E-state index in [9.17, 15) is 18.4 Å². The lowest BCUT2D eigenvalue weighted by atomic mass is 10.0. The van der Waals surface area contributed by atoms with Gasteiger partial charge in [0.2, 0.25) is 6.41 Å². The average molecular weight is 473 g/mol. The number of nitrogens with zero attached hydrogens (tertiary/aromatic N) is 2. The van der Waals surface area contributed by atoms with Gasteiger partial charge in [0.05, 0.1) is 36.8 Å². The van der Waals surface area contributed by atoms with Crippen LogP contribution in [0.25, 0.3) is 0 Å². The number of carbonyl (C=O) groups excluding carboxylic acids is 2. The maximum Gasteiger partial charge on any atom is 0.257 e. The Labute approximate surface area is 195 Å². The normalized spacial score (nSPS) is 16.8. The maximum atomic E-state index is 13.7. The molecule has 4 rings (SSSR count). The molecule has 2 aliphatic rings. The van der Waals surface area contributed by atoms with Gasteiger partial charge in [-0.05, 0) is 55.5 Å². The SMILES string of the molecule is CCOc1cc(C(CCS(=O)O)N2Cc3cccc(N(C=O)C4CC4)c3C2=O)ccc1OC. The summed E-state index contributed by atoms with van der Waals surface area (Å²) in [7, 11) is 1.56. The van der Waals surface area contributed by atoms with Crippen molar-refractivity contribution in [3.05, 3.63) is 53.1 Å². The molecule has 0 radical (unpaired) electrons. The van der Waals surface area contributed by atoms with Crippen LogP contribution >= 0.6 is 0 Å². The van der Waals surface area contributed by atoms with Gasteiger partial charge in [-0.15, -0.1) is 0 Å². The number of fused-ring (bicyclic) bond motifs is 1. The van der Waals surface area contributed by atoms with E-state index in [-0.39, 0.29) is 17.7 Å².